The van der Waals surface area contributed by atoms with Crippen molar-refractivity contribution < 1.29 is 4.79 Å². The van der Waals surface area contributed by atoms with Crippen LogP contribution in [0.25, 0.3) is 0 Å². The Balaban J connectivity index is 2.50. The number of likely N-dealkylation sites (N-methyl/N-ethyl adjacent to an activating group) is 1. The number of hydrogen-bond acceptors (Lipinski definition) is 3. The second-order valence-corrected chi connectivity index (χ2v) is 3.05. The average Bonchev–Trinajstić information content (AvgIpc) is 2.39. The lowest BCUT2D eigenvalue weighted by Crippen LogP contribution is -2.23. The molecular formula is C7H9N2OS. The molecule has 0 N–H and O–H groups in total. The van der Waals surface area contributed by atoms with Gasteiger partial charge in [-0.05, 0) is 0 Å². The van der Waals surface area contributed by atoms with Gasteiger partial charge in [-0.25, -0.2) is 4.98 Å². The summed E-state index contributed by atoms with van der Waals surface area (Å²) in [5, 5.41) is 1.83. The van der Waals surface area contributed by atoms with Crippen LogP contribution in [0.5, 0.6) is 0 Å². The highest BCUT2D eigenvalue weighted by molar-refractivity contribution is 7.07. The molecule has 0 unspecified atom stereocenters. The molecule has 11 heavy (non-hydrogen) atoms. The van der Waals surface area contributed by atoms with Crippen LogP contribution in [0.1, 0.15) is 5.69 Å². The maximum Gasteiger partial charge on any atom is 0.228 e. The summed E-state index contributed by atoms with van der Waals surface area (Å²) < 4.78 is 0. The van der Waals surface area contributed by atoms with Crippen LogP contribution >= 0.6 is 11.3 Å². The van der Waals surface area contributed by atoms with E-state index in [0.29, 0.717) is 6.42 Å². The lowest BCUT2D eigenvalue weighted by molar-refractivity contribution is -0.128. The van der Waals surface area contributed by atoms with Gasteiger partial charge in [0.05, 0.1) is 12.1 Å². The predicted octanol–water partition coefficient (Wildman–Crippen LogP) is 0.574. The molecule has 1 aromatic rings. The molecule has 0 fully saturated rings. The predicted molar refractivity (Wildman–Crippen MR) is 43.3 cm³/mol. The fraction of sp³-hybridized carbons (Fsp3) is 0.429. The molecule has 0 aliphatic carbocycles. The topological polar surface area (TPSA) is 33.2 Å². The van der Waals surface area contributed by atoms with Gasteiger partial charge in [-0.2, -0.15) is 0 Å². The molecular weight excluding hydrogens is 160 g/mol. The highest BCUT2D eigenvalue weighted by Crippen LogP contribution is 2.01. The molecule has 0 saturated carbocycles. The van der Waals surface area contributed by atoms with E-state index >= 15 is 0 Å². The number of nitrogens with zero attached hydrogens (tertiary/aromatic N) is 2. The zero-order valence-electron chi connectivity index (χ0n) is 6.50. The summed E-state index contributed by atoms with van der Waals surface area (Å²) in [6, 6.07) is 0. The van der Waals surface area contributed by atoms with Crippen molar-refractivity contribution in [3.63, 3.8) is 0 Å². The Morgan fingerprint density at radius 3 is 3.00 bits per heavy atom. The molecule has 1 heterocycles. The number of thiazole rings is 1. The Kier molecular flexibility index (Phi) is 2.59. The minimum absolute atomic E-state index is 0.0734. The Bertz CT molecular complexity index is 231. The molecule has 1 amide bonds. The molecule has 0 aliphatic rings. The fourth-order valence-electron chi connectivity index (χ4n) is 0.600. The molecule has 1 radical (unpaired) electrons. The molecule has 59 valence electrons. The summed E-state index contributed by atoms with van der Waals surface area (Å²) in [7, 11) is 3.47. The Hall–Kier alpha value is -0.900. The minimum Gasteiger partial charge on any atom is -0.348 e. The SMILES string of the molecule is CN(C)C(=O)Cc1cs[c]n1. The van der Waals surface area contributed by atoms with Crippen molar-refractivity contribution >= 4 is 17.2 Å². The van der Waals surface area contributed by atoms with Gasteiger partial charge in [-0.15, -0.1) is 11.3 Å². The number of rotatable bonds is 2. The molecule has 1 aromatic heterocycles. The maximum atomic E-state index is 11.1. The molecule has 0 aliphatic heterocycles. The highest BCUT2D eigenvalue weighted by Gasteiger charge is 2.05. The first-order valence-electron chi connectivity index (χ1n) is 3.20. The monoisotopic (exact) mass is 169 g/mol. The second-order valence-electron chi connectivity index (χ2n) is 2.40. The van der Waals surface area contributed by atoms with E-state index in [0.717, 1.165) is 5.69 Å². The third-order valence-corrected chi connectivity index (χ3v) is 1.85. The Labute approximate surface area is 69.7 Å². The van der Waals surface area contributed by atoms with Crippen molar-refractivity contribution in [1.82, 2.24) is 9.88 Å². The van der Waals surface area contributed by atoms with E-state index in [-0.39, 0.29) is 5.91 Å². The first-order valence-corrected chi connectivity index (χ1v) is 4.08. The maximum absolute atomic E-state index is 11.1. The van der Waals surface area contributed by atoms with E-state index in [1.54, 1.807) is 19.0 Å². The summed E-state index contributed by atoms with van der Waals surface area (Å²) in [5.41, 5.74) is 3.49. The van der Waals surface area contributed by atoms with Crippen LogP contribution in [-0.2, 0) is 11.2 Å². The second kappa shape index (κ2) is 3.48. The smallest absolute Gasteiger partial charge is 0.228 e. The summed E-state index contributed by atoms with van der Waals surface area (Å²) in [4.78, 5) is 16.5. The lowest BCUT2D eigenvalue weighted by Gasteiger charge is -2.07. The van der Waals surface area contributed by atoms with Crippen LogP contribution in [0.15, 0.2) is 5.38 Å². The molecule has 0 spiro atoms. The highest BCUT2D eigenvalue weighted by atomic mass is 32.1. The first kappa shape index (κ1) is 8.20. The van der Waals surface area contributed by atoms with Gasteiger partial charge < -0.3 is 4.90 Å². The van der Waals surface area contributed by atoms with Crippen LogP contribution < -0.4 is 0 Å². The lowest BCUT2D eigenvalue weighted by atomic mass is 10.3. The summed E-state index contributed by atoms with van der Waals surface area (Å²) in [6.45, 7) is 0. The average molecular weight is 169 g/mol. The fourth-order valence-corrected chi connectivity index (χ4v) is 1.09. The van der Waals surface area contributed by atoms with Gasteiger partial charge in [-0.3, -0.25) is 4.79 Å². The molecule has 4 heteroatoms. The molecule has 0 aromatic carbocycles. The van der Waals surface area contributed by atoms with Gasteiger partial charge in [0.15, 0.2) is 5.51 Å². The van der Waals surface area contributed by atoms with Crippen LogP contribution in [0, 0.1) is 5.51 Å². The van der Waals surface area contributed by atoms with E-state index in [4.69, 9.17) is 0 Å². The van der Waals surface area contributed by atoms with Gasteiger partial charge >= 0.3 is 0 Å². The number of hydrogen-bond donors (Lipinski definition) is 0. The quantitative estimate of drug-likeness (QED) is 0.648. The number of aromatic nitrogens is 1. The van der Waals surface area contributed by atoms with Gasteiger partial charge in [0.1, 0.15) is 0 Å². The van der Waals surface area contributed by atoms with E-state index in [1.165, 1.54) is 11.3 Å². The molecule has 3 nitrogen and oxygen atoms in total. The Morgan fingerprint density at radius 2 is 2.55 bits per heavy atom. The van der Waals surface area contributed by atoms with Crippen LogP contribution in [0.2, 0.25) is 0 Å². The standard InChI is InChI=1S/C7H9N2OS/c1-9(2)7(10)3-6-4-11-5-8-6/h4H,3H2,1-2H3. The molecule has 0 saturated heterocycles. The van der Waals surface area contributed by atoms with Crippen molar-refractivity contribution in [2.75, 3.05) is 14.1 Å². The molecule has 1 rings (SSSR count). The normalized spacial score (nSPS) is 9.64. The zero-order valence-corrected chi connectivity index (χ0v) is 7.31. The van der Waals surface area contributed by atoms with Crippen molar-refractivity contribution in [1.29, 1.82) is 0 Å². The number of carbonyl (C=O) groups is 1. The van der Waals surface area contributed by atoms with Crippen LogP contribution in [0.4, 0.5) is 0 Å². The van der Waals surface area contributed by atoms with Crippen molar-refractivity contribution in [3.05, 3.63) is 16.6 Å². The van der Waals surface area contributed by atoms with E-state index < -0.39 is 0 Å². The van der Waals surface area contributed by atoms with Crippen molar-refractivity contribution in [3.8, 4) is 0 Å². The molecule has 0 bridgehead atoms. The zero-order chi connectivity index (χ0) is 8.27. The third-order valence-electron chi connectivity index (χ3n) is 1.27. The Morgan fingerprint density at radius 1 is 1.82 bits per heavy atom. The summed E-state index contributed by atoms with van der Waals surface area (Å²) >= 11 is 1.39. The van der Waals surface area contributed by atoms with Gasteiger partial charge in [0.25, 0.3) is 0 Å². The van der Waals surface area contributed by atoms with E-state index in [2.05, 4.69) is 10.5 Å². The number of carbonyl (C=O) groups excluding carboxylic acids is 1. The van der Waals surface area contributed by atoms with Crippen LogP contribution in [0.3, 0.4) is 0 Å². The van der Waals surface area contributed by atoms with E-state index in [9.17, 15) is 4.79 Å². The number of amides is 1. The van der Waals surface area contributed by atoms with Gasteiger partial charge in [-0.1, -0.05) is 0 Å². The first-order chi connectivity index (χ1) is 5.20. The van der Waals surface area contributed by atoms with Crippen molar-refractivity contribution in [2.24, 2.45) is 0 Å². The van der Waals surface area contributed by atoms with Gasteiger partial charge in [0, 0.05) is 19.5 Å². The third kappa shape index (κ3) is 2.31. The minimum atomic E-state index is 0.0734. The van der Waals surface area contributed by atoms with Crippen LogP contribution in [-0.4, -0.2) is 29.9 Å². The van der Waals surface area contributed by atoms with E-state index in [1.807, 2.05) is 5.38 Å². The van der Waals surface area contributed by atoms with Gasteiger partial charge in [0.2, 0.25) is 5.91 Å². The van der Waals surface area contributed by atoms with Crippen molar-refractivity contribution in [2.45, 2.75) is 6.42 Å². The summed E-state index contributed by atoms with van der Waals surface area (Å²) in [5.74, 6) is 0.0734. The molecule has 0 atom stereocenters. The largest absolute Gasteiger partial charge is 0.348 e. The summed E-state index contributed by atoms with van der Waals surface area (Å²) in [6.07, 6.45) is 0.382.